The Kier molecular flexibility index (Phi) is 5.48. The Hall–Kier alpha value is -1.56. The maximum absolute atomic E-state index is 11.8. The summed E-state index contributed by atoms with van der Waals surface area (Å²) in [6.07, 6.45) is 0. The van der Waals surface area contributed by atoms with Crippen LogP contribution in [0.5, 0.6) is 0 Å². The molecule has 0 atom stereocenters. The Labute approximate surface area is 107 Å². The lowest BCUT2D eigenvalue weighted by Crippen LogP contribution is -2.34. The van der Waals surface area contributed by atoms with Crippen molar-refractivity contribution in [1.82, 2.24) is 0 Å². The van der Waals surface area contributed by atoms with Crippen LogP contribution in [0.3, 0.4) is 0 Å². The van der Waals surface area contributed by atoms with Gasteiger partial charge in [0.25, 0.3) is 0 Å². The lowest BCUT2D eigenvalue weighted by Gasteiger charge is -2.22. The number of nitrogens with zero attached hydrogens (tertiary/aromatic N) is 4. The number of ether oxygens (including phenoxy) is 1. The lowest BCUT2D eigenvalue weighted by atomic mass is 10.3. The van der Waals surface area contributed by atoms with Crippen molar-refractivity contribution < 1.29 is 9.53 Å². The van der Waals surface area contributed by atoms with Crippen LogP contribution in [-0.4, -0.2) is 26.3 Å². The van der Waals surface area contributed by atoms with Gasteiger partial charge in [0.15, 0.2) is 0 Å². The van der Waals surface area contributed by atoms with Crippen LogP contribution in [-0.2, 0) is 9.53 Å². The van der Waals surface area contributed by atoms with Gasteiger partial charge in [-0.25, -0.2) is 0 Å². The number of hydrogen-bond acceptors (Lipinski definition) is 3. The number of carbonyl (C=O) groups excluding carboxylic acids is 1. The van der Waals surface area contributed by atoms with Gasteiger partial charge in [0.2, 0.25) is 5.91 Å². The predicted octanol–water partition coefficient (Wildman–Crippen LogP) is 2.70. The molecule has 17 heavy (non-hydrogen) atoms. The van der Waals surface area contributed by atoms with Crippen LogP contribution in [0.25, 0.3) is 10.4 Å². The second-order valence-corrected chi connectivity index (χ2v) is 3.93. The lowest BCUT2D eigenvalue weighted by molar-refractivity contribution is -0.118. The largest absolute Gasteiger partial charge is 0.364 e. The molecule has 90 valence electrons. The number of azide groups is 1. The van der Waals surface area contributed by atoms with Gasteiger partial charge >= 0.3 is 0 Å². The first-order valence-corrected chi connectivity index (χ1v) is 5.54. The molecule has 1 amide bonds. The highest BCUT2D eigenvalue weighted by molar-refractivity contribution is 9.10. The third-order valence-corrected chi connectivity index (χ3v) is 2.64. The minimum absolute atomic E-state index is 0.0996. The number of benzene rings is 1. The molecule has 0 aromatic heterocycles. The van der Waals surface area contributed by atoms with Crippen LogP contribution in [0.15, 0.2) is 33.9 Å². The molecule has 0 aliphatic carbocycles. The maximum atomic E-state index is 11.8. The fraction of sp³-hybridized carbons (Fsp3) is 0.300. The molecule has 6 nitrogen and oxygen atoms in total. The number of amides is 1. The third kappa shape index (κ3) is 3.74. The van der Waals surface area contributed by atoms with E-state index in [1.54, 1.807) is 6.07 Å². The van der Waals surface area contributed by atoms with Gasteiger partial charge in [-0.15, -0.1) is 0 Å². The van der Waals surface area contributed by atoms with E-state index in [1.807, 2.05) is 18.2 Å². The first kappa shape index (κ1) is 13.5. The van der Waals surface area contributed by atoms with E-state index >= 15 is 0 Å². The summed E-state index contributed by atoms with van der Waals surface area (Å²) >= 11 is 3.35. The molecule has 0 saturated carbocycles. The summed E-state index contributed by atoms with van der Waals surface area (Å²) in [6, 6.07) is 7.25. The highest BCUT2D eigenvalue weighted by Crippen LogP contribution is 2.25. The zero-order chi connectivity index (χ0) is 12.7. The van der Waals surface area contributed by atoms with E-state index in [1.165, 1.54) is 12.0 Å². The van der Waals surface area contributed by atoms with E-state index in [0.29, 0.717) is 5.69 Å². The molecule has 1 rings (SSSR count). The highest BCUT2D eigenvalue weighted by Gasteiger charge is 2.16. The van der Waals surface area contributed by atoms with Gasteiger partial charge in [0.05, 0.1) is 5.69 Å². The average Bonchev–Trinajstić information content (AvgIpc) is 2.34. The van der Waals surface area contributed by atoms with Crippen molar-refractivity contribution in [3.8, 4) is 0 Å². The fourth-order valence-electron chi connectivity index (χ4n) is 1.25. The standard InChI is InChI=1S/C10H11BrN4O2/c1-17-7-15(10(16)6-13-14-12)9-5-3-2-4-8(9)11/h2-5H,6-7H2,1H3. The smallest absolute Gasteiger partial charge is 0.234 e. The van der Waals surface area contributed by atoms with Crippen molar-refractivity contribution in [3.05, 3.63) is 39.2 Å². The molecule has 0 heterocycles. The van der Waals surface area contributed by atoms with E-state index < -0.39 is 0 Å². The van der Waals surface area contributed by atoms with E-state index in [0.717, 1.165) is 4.47 Å². The molecule has 0 N–H and O–H groups in total. The van der Waals surface area contributed by atoms with Crippen molar-refractivity contribution in [2.24, 2.45) is 5.11 Å². The molecular weight excluding hydrogens is 288 g/mol. The number of methoxy groups -OCH3 is 1. The number of carbonyl (C=O) groups is 1. The number of rotatable bonds is 5. The molecule has 1 aromatic rings. The molecule has 7 heteroatoms. The highest BCUT2D eigenvalue weighted by atomic mass is 79.9. The molecule has 0 radical (unpaired) electrons. The number of halogens is 1. The monoisotopic (exact) mass is 298 g/mol. The van der Waals surface area contributed by atoms with Gasteiger partial charge in [0, 0.05) is 16.5 Å². The average molecular weight is 299 g/mol. The Balaban J connectivity index is 2.96. The molecule has 0 saturated heterocycles. The third-order valence-electron chi connectivity index (χ3n) is 1.97. The van der Waals surface area contributed by atoms with E-state index in [4.69, 9.17) is 10.3 Å². The predicted molar refractivity (Wildman–Crippen MR) is 67.5 cm³/mol. The summed E-state index contributed by atoms with van der Waals surface area (Å²) in [5, 5.41) is 3.25. The summed E-state index contributed by atoms with van der Waals surface area (Å²) in [5.74, 6) is -0.323. The van der Waals surface area contributed by atoms with E-state index in [9.17, 15) is 4.79 Å². The molecule has 0 fully saturated rings. The maximum Gasteiger partial charge on any atom is 0.234 e. The summed E-state index contributed by atoms with van der Waals surface area (Å²) in [4.78, 5) is 15.8. The summed E-state index contributed by atoms with van der Waals surface area (Å²) in [6.45, 7) is -0.135. The van der Waals surface area contributed by atoms with Crippen LogP contribution in [0.1, 0.15) is 0 Å². The van der Waals surface area contributed by atoms with Gasteiger partial charge in [-0.05, 0) is 33.6 Å². The Bertz CT molecular complexity index is 446. The van der Waals surface area contributed by atoms with Crippen molar-refractivity contribution in [1.29, 1.82) is 0 Å². The van der Waals surface area contributed by atoms with Gasteiger partial charge < -0.3 is 4.74 Å². The zero-order valence-corrected chi connectivity index (χ0v) is 10.8. The van der Waals surface area contributed by atoms with Crippen molar-refractivity contribution in [2.45, 2.75) is 0 Å². The Morgan fingerprint density at radius 1 is 1.59 bits per heavy atom. The summed E-state index contributed by atoms with van der Waals surface area (Å²) in [7, 11) is 1.49. The normalized spacial score (nSPS) is 9.53. The topological polar surface area (TPSA) is 78.3 Å². The molecule has 0 aliphatic heterocycles. The van der Waals surface area contributed by atoms with Crippen molar-refractivity contribution in [2.75, 3.05) is 25.3 Å². The molecule has 0 aliphatic rings. The Morgan fingerprint density at radius 2 is 2.29 bits per heavy atom. The second kappa shape index (κ2) is 6.90. The molecule has 0 bridgehead atoms. The van der Waals surface area contributed by atoms with Gasteiger partial charge in [-0.1, -0.05) is 17.2 Å². The zero-order valence-electron chi connectivity index (χ0n) is 9.21. The van der Waals surface area contributed by atoms with Crippen molar-refractivity contribution >= 4 is 27.5 Å². The van der Waals surface area contributed by atoms with Gasteiger partial charge in [0.1, 0.15) is 13.3 Å². The van der Waals surface area contributed by atoms with E-state index in [2.05, 4.69) is 26.0 Å². The molecule has 0 unspecified atom stereocenters. The number of para-hydroxylation sites is 1. The second-order valence-electron chi connectivity index (χ2n) is 3.08. The van der Waals surface area contributed by atoms with E-state index in [-0.39, 0.29) is 19.2 Å². The van der Waals surface area contributed by atoms with Crippen LogP contribution >= 0.6 is 15.9 Å². The first-order valence-electron chi connectivity index (χ1n) is 4.75. The SMILES string of the molecule is COCN(C(=O)CN=[N+]=[N-])c1ccccc1Br. The van der Waals surface area contributed by atoms with Gasteiger partial charge in [-0.3, -0.25) is 9.69 Å². The number of hydrogen-bond donors (Lipinski definition) is 0. The Morgan fingerprint density at radius 3 is 2.88 bits per heavy atom. The minimum Gasteiger partial charge on any atom is -0.364 e. The van der Waals surface area contributed by atoms with Crippen LogP contribution < -0.4 is 4.90 Å². The van der Waals surface area contributed by atoms with Gasteiger partial charge in [-0.2, -0.15) is 0 Å². The molecule has 0 spiro atoms. The summed E-state index contributed by atoms with van der Waals surface area (Å²) in [5.41, 5.74) is 8.87. The first-order chi connectivity index (χ1) is 8.20. The quantitative estimate of drug-likeness (QED) is 0.362. The summed E-state index contributed by atoms with van der Waals surface area (Å²) < 4.78 is 5.73. The van der Waals surface area contributed by atoms with Crippen LogP contribution in [0.4, 0.5) is 5.69 Å². The minimum atomic E-state index is -0.323. The van der Waals surface area contributed by atoms with Crippen LogP contribution in [0, 0.1) is 0 Å². The number of anilines is 1. The van der Waals surface area contributed by atoms with Crippen molar-refractivity contribution in [3.63, 3.8) is 0 Å². The molecule has 1 aromatic carbocycles. The fourth-order valence-corrected chi connectivity index (χ4v) is 1.75. The van der Waals surface area contributed by atoms with Crippen LogP contribution in [0.2, 0.25) is 0 Å². The molecular formula is C10H11BrN4O2.